The smallest absolute Gasteiger partial charge is 0.226 e. The summed E-state index contributed by atoms with van der Waals surface area (Å²) in [5.74, 6) is 0.321. The molecule has 1 aromatic heterocycles. The van der Waals surface area contributed by atoms with Gasteiger partial charge in [0.1, 0.15) is 5.82 Å². The topological polar surface area (TPSA) is 33.2 Å². The van der Waals surface area contributed by atoms with E-state index in [1.165, 1.54) is 18.9 Å². The van der Waals surface area contributed by atoms with Crippen molar-refractivity contribution in [3.8, 4) is 0 Å². The summed E-state index contributed by atoms with van der Waals surface area (Å²) in [4.78, 5) is 19.7. The van der Waals surface area contributed by atoms with Gasteiger partial charge in [0.15, 0.2) is 0 Å². The van der Waals surface area contributed by atoms with Gasteiger partial charge in [-0.25, -0.2) is 4.39 Å². The number of aromatic nitrogens is 1. The summed E-state index contributed by atoms with van der Waals surface area (Å²) in [6, 6.07) is 12.8. The highest BCUT2D eigenvalue weighted by molar-refractivity contribution is 5.79. The van der Waals surface area contributed by atoms with Crippen molar-refractivity contribution < 1.29 is 9.18 Å². The maximum atomic E-state index is 13.9. The molecule has 0 unspecified atom stereocenters. The van der Waals surface area contributed by atoms with Crippen LogP contribution in [0.2, 0.25) is 0 Å². The maximum absolute atomic E-state index is 13.9. The first-order chi connectivity index (χ1) is 12.7. The van der Waals surface area contributed by atoms with Crippen molar-refractivity contribution in [1.29, 1.82) is 0 Å². The Morgan fingerprint density at radius 1 is 1.04 bits per heavy atom. The molecule has 2 aromatic rings. The molecule has 2 aliphatic rings. The third-order valence-corrected chi connectivity index (χ3v) is 5.74. The molecular formula is C22H25FN2O. The van der Waals surface area contributed by atoms with Crippen molar-refractivity contribution in [2.45, 2.75) is 51.0 Å². The summed E-state index contributed by atoms with van der Waals surface area (Å²) in [5, 5.41) is 0. The van der Waals surface area contributed by atoms with E-state index >= 15 is 0 Å². The van der Waals surface area contributed by atoms with Crippen LogP contribution >= 0.6 is 0 Å². The number of halogens is 1. The Balaban J connectivity index is 1.53. The lowest BCUT2D eigenvalue weighted by molar-refractivity contribution is -0.136. The number of hydrogen-bond acceptors (Lipinski definition) is 2. The molecule has 0 bridgehead atoms. The van der Waals surface area contributed by atoms with Crippen LogP contribution in [0.5, 0.6) is 0 Å². The molecule has 2 heterocycles. The first-order valence-electron chi connectivity index (χ1n) is 9.72. The number of nitrogens with zero attached hydrogens (tertiary/aromatic N) is 2. The van der Waals surface area contributed by atoms with Gasteiger partial charge in [-0.3, -0.25) is 9.78 Å². The third-order valence-electron chi connectivity index (χ3n) is 5.74. The molecule has 3 nitrogen and oxygen atoms in total. The molecule has 4 rings (SSSR count). The van der Waals surface area contributed by atoms with Crippen molar-refractivity contribution >= 4 is 5.91 Å². The standard InChI is InChI=1S/C22H25FN2O/c23-19-11-4-3-9-17(19)15-18-10-5-12-20(24-18)21-13-6-14-25(21)22(26)16-7-1-2-8-16/h3-5,9-12,16,21H,1-2,6-8,13-15H2/t21-/m0/s1. The zero-order valence-corrected chi connectivity index (χ0v) is 15.0. The molecule has 136 valence electrons. The first kappa shape index (κ1) is 17.2. The molecule has 1 amide bonds. The van der Waals surface area contributed by atoms with Crippen LogP contribution in [0.4, 0.5) is 4.39 Å². The first-order valence-corrected chi connectivity index (χ1v) is 9.72. The number of amides is 1. The highest BCUT2D eigenvalue weighted by Gasteiger charge is 2.35. The predicted octanol–water partition coefficient (Wildman–Crippen LogP) is 4.67. The Morgan fingerprint density at radius 3 is 2.65 bits per heavy atom. The SMILES string of the molecule is O=C(C1CCCC1)N1CCC[C@H]1c1cccc(Cc2ccccc2F)n1. The monoisotopic (exact) mass is 352 g/mol. The minimum absolute atomic E-state index is 0.0728. The predicted molar refractivity (Wildman–Crippen MR) is 99.1 cm³/mol. The summed E-state index contributed by atoms with van der Waals surface area (Å²) in [6.45, 7) is 0.833. The van der Waals surface area contributed by atoms with Gasteiger partial charge >= 0.3 is 0 Å². The average Bonchev–Trinajstić information content (AvgIpc) is 3.35. The Hall–Kier alpha value is -2.23. The lowest BCUT2D eigenvalue weighted by atomic mass is 10.0. The number of hydrogen-bond donors (Lipinski definition) is 0. The van der Waals surface area contributed by atoms with Crippen molar-refractivity contribution in [1.82, 2.24) is 9.88 Å². The molecule has 1 aliphatic heterocycles. The molecule has 1 aliphatic carbocycles. The van der Waals surface area contributed by atoms with Gasteiger partial charge in [0.25, 0.3) is 0 Å². The number of benzene rings is 1. The zero-order chi connectivity index (χ0) is 17.9. The van der Waals surface area contributed by atoms with E-state index in [9.17, 15) is 9.18 Å². The van der Waals surface area contributed by atoms with E-state index in [0.29, 0.717) is 17.9 Å². The summed E-state index contributed by atoms with van der Waals surface area (Å²) in [5.41, 5.74) is 2.46. The van der Waals surface area contributed by atoms with Crippen molar-refractivity contribution in [3.63, 3.8) is 0 Å². The van der Waals surface area contributed by atoms with E-state index in [1.54, 1.807) is 12.1 Å². The minimum Gasteiger partial charge on any atom is -0.334 e. The summed E-state index contributed by atoms with van der Waals surface area (Å²) in [6.07, 6.45) is 6.88. The normalized spacial score (nSPS) is 20.7. The fourth-order valence-corrected chi connectivity index (χ4v) is 4.36. The largest absolute Gasteiger partial charge is 0.334 e. The second-order valence-electron chi connectivity index (χ2n) is 7.49. The van der Waals surface area contributed by atoms with Gasteiger partial charge in [-0.05, 0) is 49.4 Å². The summed E-state index contributed by atoms with van der Waals surface area (Å²) >= 11 is 0. The second kappa shape index (κ2) is 7.56. The highest BCUT2D eigenvalue weighted by Crippen LogP contribution is 2.35. The van der Waals surface area contributed by atoms with Crippen LogP contribution in [0.3, 0.4) is 0 Å². The van der Waals surface area contributed by atoms with Gasteiger partial charge < -0.3 is 4.90 Å². The van der Waals surface area contributed by atoms with Crippen LogP contribution in [0.15, 0.2) is 42.5 Å². The fourth-order valence-electron chi connectivity index (χ4n) is 4.36. The summed E-state index contributed by atoms with van der Waals surface area (Å²) < 4.78 is 13.9. The van der Waals surface area contributed by atoms with Gasteiger partial charge in [-0.2, -0.15) is 0 Å². The van der Waals surface area contributed by atoms with Crippen molar-refractivity contribution in [3.05, 3.63) is 65.2 Å². The molecule has 1 saturated carbocycles. The summed E-state index contributed by atoms with van der Waals surface area (Å²) in [7, 11) is 0. The molecule has 2 fully saturated rings. The van der Waals surface area contributed by atoms with Crippen LogP contribution in [-0.2, 0) is 11.2 Å². The van der Waals surface area contributed by atoms with Crippen LogP contribution in [-0.4, -0.2) is 22.3 Å². The average molecular weight is 352 g/mol. The van der Waals surface area contributed by atoms with Crippen molar-refractivity contribution in [2.24, 2.45) is 5.92 Å². The third kappa shape index (κ3) is 3.50. The molecule has 1 saturated heterocycles. The Labute approximate surface area is 154 Å². The van der Waals surface area contributed by atoms with Gasteiger partial charge in [-0.1, -0.05) is 37.1 Å². The molecule has 0 radical (unpaired) electrons. The lowest BCUT2D eigenvalue weighted by Gasteiger charge is -2.27. The Kier molecular flexibility index (Phi) is 5.00. The second-order valence-corrected chi connectivity index (χ2v) is 7.49. The Bertz CT molecular complexity index is 785. The van der Waals surface area contributed by atoms with E-state index < -0.39 is 0 Å². The van der Waals surface area contributed by atoms with E-state index in [1.807, 2.05) is 29.2 Å². The van der Waals surface area contributed by atoms with E-state index in [4.69, 9.17) is 4.98 Å². The molecule has 26 heavy (non-hydrogen) atoms. The van der Waals surface area contributed by atoms with E-state index in [2.05, 4.69) is 0 Å². The molecule has 0 N–H and O–H groups in total. The Morgan fingerprint density at radius 2 is 1.85 bits per heavy atom. The molecular weight excluding hydrogens is 327 g/mol. The maximum Gasteiger partial charge on any atom is 0.226 e. The van der Waals surface area contributed by atoms with Gasteiger partial charge in [-0.15, -0.1) is 0 Å². The molecule has 4 heteroatoms. The van der Waals surface area contributed by atoms with Crippen LogP contribution < -0.4 is 0 Å². The number of carbonyl (C=O) groups excluding carboxylic acids is 1. The molecule has 1 atom stereocenters. The lowest BCUT2D eigenvalue weighted by Crippen LogP contribution is -2.35. The van der Waals surface area contributed by atoms with E-state index in [0.717, 1.165) is 43.6 Å². The zero-order valence-electron chi connectivity index (χ0n) is 15.0. The van der Waals surface area contributed by atoms with E-state index in [-0.39, 0.29) is 17.8 Å². The number of likely N-dealkylation sites (tertiary alicyclic amines) is 1. The quantitative estimate of drug-likeness (QED) is 0.801. The van der Waals surface area contributed by atoms with Gasteiger partial charge in [0.05, 0.1) is 11.7 Å². The fraction of sp³-hybridized carbons (Fsp3) is 0.455. The van der Waals surface area contributed by atoms with Crippen LogP contribution in [0.25, 0.3) is 0 Å². The van der Waals surface area contributed by atoms with Crippen molar-refractivity contribution in [2.75, 3.05) is 6.54 Å². The number of carbonyl (C=O) groups is 1. The highest BCUT2D eigenvalue weighted by atomic mass is 19.1. The van der Waals surface area contributed by atoms with Crippen LogP contribution in [0, 0.1) is 11.7 Å². The minimum atomic E-state index is -0.196. The van der Waals surface area contributed by atoms with Gasteiger partial charge in [0, 0.05) is 24.6 Å². The van der Waals surface area contributed by atoms with Gasteiger partial charge in [0.2, 0.25) is 5.91 Å². The molecule has 1 aromatic carbocycles. The van der Waals surface area contributed by atoms with Crippen LogP contribution in [0.1, 0.15) is 61.5 Å². The molecule has 0 spiro atoms. The number of rotatable bonds is 4. The number of pyridine rings is 1.